The van der Waals surface area contributed by atoms with Gasteiger partial charge in [0.1, 0.15) is 5.76 Å². The molecule has 0 radical (unpaired) electrons. The Labute approximate surface area is 126 Å². The average molecular weight is 315 g/mol. The topological polar surface area (TPSA) is 74.6 Å². The van der Waals surface area contributed by atoms with Gasteiger partial charge in [0.05, 0.1) is 6.54 Å². The van der Waals surface area contributed by atoms with Crippen LogP contribution in [0.4, 0.5) is 0 Å². The zero-order valence-corrected chi connectivity index (χ0v) is 13.6. The highest BCUT2D eigenvalue weighted by molar-refractivity contribution is 7.89. The Morgan fingerprint density at radius 1 is 1.33 bits per heavy atom. The smallest absolute Gasteiger partial charge is 0.273 e. The molecule has 0 unspecified atom stereocenters. The fourth-order valence-corrected chi connectivity index (χ4v) is 3.36. The minimum atomic E-state index is -3.49. The highest BCUT2D eigenvalue weighted by Crippen LogP contribution is 2.21. The first-order valence-electron chi connectivity index (χ1n) is 7.46. The monoisotopic (exact) mass is 315 g/mol. The van der Waals surface area contributed by atoms with Gasteiger partial charge in [-0.3, -0.25) is 0 Å². The van der Waals surface area contributed by atoms with E-state index in [1.54, 1.807) is 6.07 Å². The Morgan fingerprint density at radius 3 is 2.71 bits per heavy atom. The first-order valence-corrected chi connectivity index (χ1v) is 8.94. The van der Waals surface area contributed by atoms with Gasteiger partial charge >= 0.3 is 0 Å². The number of furan rings is 1. The van der Waals surface area contributed by atoms with E-state index in [9.17, 15) is 8.42 Å². The molecule has 0 bridgehead atoms. The summed E-state index contributed by atoms with van der Waals surface area (Å²) in [4.78, 5) is 2.40. The van der Waals surface area contributed by atoms with Crippen molar-refractivity contribution in [2.45, 2.75) is 43.4 Å². The predicted octanol–water partition coefficient (Wildman–Crippen LogP) is 1.15. The lowest BCUT2D eigenvalue weighted by Crippen LogP contribution is -2.35. The van der Waals surface area contributed by atoms with Crippen LogP contribution in [-0.2, 0) is 16.6 Å². The summed E-state index contributed by atoms with van der Waals surface area (Å²) in [6, 6.07) is 3.90. The van der Waals surface area contributed by atoms with Crippen molar-refractivity contribution in [3.8, 4) is 0 Å². The lowest BCUT2D eigenvalue weighted by Gasteiger charge is -2.23. The largest absolute Gasteiger partial charge is 0.447 e. The van der Waals surface area contributed by atoms with E-state index in [1.165, 1.54) is 38.8 Å². The molecule has 1 heterocycles. The SMILES string of the molecule is CNS(=O)(=O)c1ccc(CNCCN(C)C2CCCC2)o1. The molecule has 6 nitrogen and oxygen atoms in total. The Bertz CT molecular complexity index is 535. The van der Waals surface area contributed by atoms with E-state index in [1.807, 2.05) is 0 Å². The maximum atomic E-state index is 11.5. The summed E-state index contributed by atoms with van der Waals surface area (Å²) in [7, 11) is 0.0533. The van der Waals surface area contributed by atoms with Gasteiger partial charge in [0.25, 0.3) is 10.0 Å². The maximum absolute atomic E-state index is 11.5. The van der Waals surface area contributed by atoms with Gasteiger partial charge < -0.3 is 14.6 Å². The van der Waals surface area contributed by atoms with Crippen molar-refractivity contribution in [1.82, 2.24) is 14.9 Å². The van der Waals surface area contributed by atoms with Crippen LogP contribution in [0.25, 0.3) is 0 Å². The van der Waals surface area contributed by atoms with Gasteiger partial charge in [0.2, 0.25) is 5.09 Å². The van der Waals surface area contributed by atoms with Crippen molar-refractivity contribution in [2.75, 3.05) is 27.2 Å². The van der Waals surface area contributed by atoms with E-state index in [2.05, 4.69) is 22.0 Å². The minimum Gasteiger partial charge on any atom is -0.447 e. The van der Waals surface area contributed by atoms with Gasteiger partial charge in [0, 0.05) is 19.1 Å². The number of hydrogen-bond donors (Lipinski definition) is 2. The first-order chi connectivity index (χ1) is 10.0. The molecule has 2 N–H and O–H groups in total. The van der Waals surface area contributed by atoms with Crippen LogP contribution < -0.4 is 10.0 Å². The second-order valence-corrected chi connectivity index (χ2v) is 7.34. The summed E-state index contributed by atoms with van der Waals surface area (Å²) in [6.45, 7) is 2.40. The summed E-state index contributed by atoms with van der Waals surface area (Å²) in [5.74, 6) is 0.632. The van der Waals surface area contributed by atoms with Crippen molar-refractivity contribution >= 4 is 10.0 Å². The highest BCUT2D eigenvalue weighted by atomic mass is 32.2. The maximum Gasteiger partial charge on any atom is 0.273 e. The molecule has 0 amide bonds. The summed E-state index contributed by atoms with van der Waals surface area (Å²) in [5, 5.41) is 3.25. The molecule has 1 fully saturated rings. The molecule has 1 aromatic rings. The molecule has 1 aliphatic rings. The molecular weight excluding hydrogens is 290 g/mol. The lowest BCUT2D eigenvalue weighted by atomic mass is 10.2. The normalized spacial score (nSPS) is 16.9. The van der Waals surface area contributed by atoms with Crippen LogP contribution in [0.3, 0.4) is 0 Å². The standard InChI is InChI=1S/C14H25N3O3S/c1-15-21(18,19)14-8-7-13(20-14)11-16-9-10-17(2)12-5-3-4-6-12/h7-8,12,15-16H,3-6,9-11H2,1-2H3. The Kier molecular flexibility index (Phi) is 5.80. The van der Waals surface area contributed by atoms with Crippen molar-refractivity contribution in [3.63, 3.8) is 0 Å². The number of nitrogens with one attached hydrogen (secondary N) is 2. The van der Waals surface area contributed by atoms with Gasteiger partial charge in [-0.05, 0) is 39.1 Å². The second-order valence-electron chi connectivity index (χ2n) is 5.52. The van der Waals surface area contributed by atoms with Crippen LogP contribution >= 0.6 is 0 Å². The minimum absolute atomic E-state index is 0.0372. The third kappa shape index (κ3) is 4.54. The molecular formula is C14H25N3O3S. The Hall–Kier alpha value is -0.890. The zero-order chi connectivity index (χ0) is 15.3. The molecule has 2 rings (SSSR count). The Morgan fingerprint density at radius 2 is 2.05 bits per heavy atom. The van der Waals surface area contributed by atoms with Gasteiger partial charge in [-0.25, -0.2) is 13.1 Å². The summed E-state index contributed by atoms with van der Waals surface area (Å²) >= 11 is 0. The molecule has 0 atom stereocenters. The summed E-state index contributed by atoms with van der Waals surface area (Å²) < 4.78 is 30.7. The second kappa shape index (κ2) is 7.40. The molecule has 120 valence electrons. The van der Waals surface area contributed by atoms with Crippen LogP contribution in [0.1, 0.15) is 31.4 Å². The highest BCUT2D eigenvalue weighted by Gasteiger charge is 2.19. The van der Waals surface area contributed by atoms with Crippen LogP contribution in [0.2, 0.25) is 0 Å². The van der Waals surface area contributed by atoms with E-state index in [-0.39, 0.29) is 5.09 Å². The van der Waals surface area contributed by atoms with E-state index < -0.39 is 10.0 Å². The van der Waals surface area contributed by atoms with E-state index >= 15 is 0 Å². The predicted molar refractivity (Wildman–Crippen MR) is 81.5 cm³/mol. The Balaban J connectivity index is 1.71. The van der Waals surface area contributed by atoms with E-state index in [0.717, 1.165) is 19.1 Å². The summed E-state index contributed by atoms with van der Waals surface area (Å²) in [6.07, 6.45) is 5.30. The van der Waals surface area contributed by atoms with Gasteiger partial charge in [-0.2, -0.15) is 0 Å². The quantitative estimate of drug-likeness (QED) is 0.704. The van der Waals surface area contributed by atoms with Gasteiger partial charge in [0.15, 0.2) is 0 Å². The third-order valence-corrected chi connectivity index (χ3v) is 5.35. The molecule has 1 aliphatic carbocycles. The van der Waals surface area contributed by atoms with Crippen molar-refractivity contribution < 1.29 is 12.8 Å². The number of nitrogens with zero attached hydrogens (tertiary/aromatic N) is 1. The van der Waals surface area contributed by atoms with E-state index in [0.29, 0.717) is 12.3 Å². The molecule has 0 aliphatic heterocycles. The molecule has 0 aromatic carbocycles. The number of hydrogen-bond acceptors (Lipinski definition) is 5. The fourth-order valence-electron chi connectivity index (χ4n) is 2.69. The average Bonchev–Trinajstić information content (AvgIpc) is 3.14. The number of sulfonamides is 1. The van der Waals surface area contributed by atoms with Crippen molar-refractivity contribution in [3.05, 3.63) is 17.9 Å². The fraction of sp³-hybridized carbons (Fsp3) is 0.714. The van der Waals surface area contributed by atoms with Crippen molar-refractivity contribution in [2.24, 2.45) is 0 Å². The summed E-state index contributed by atoms with van der Waals surface area (Å²) in [5.41, 5.74) is 0. The van der Waals surface area contributed by atoms with E-state index in [4.69, 9.17) is 4.42 Å². The molecule has 0 spiro atoms. The number of likely N-dealkylation sites (N-methyl/N-ethyl adjacent to an activating group) is 1. The molecule has 0 saturated heterocycles. The van der Waals surface area contributed by atoms with Crippen LogP contribution in [0.15, 0.2) is 21.6 Å². The van der Waals surface area contributed by atoms with Gasteiger partial charge in [-0.15, -0.1) is 0 Å². The third-order valence-electron chi connectivity index (χ3n) is 4.06. The molecule has 7 heteroatoms. The zero-order valence-electron chi connectivity index (χ0n) is 12.8. The molecule has 21 heavy (non-hydrogen) atoms. The van der Waals surface area contributed by atoms with Gasteiger partial charge in [-0.1, -0.05) is 12.8 Å². The van der Waals surface area contributed by atoms with Crippen LogP contribution in [-0.4, -0.2) is 46.5 Å². The lowest BCUT2D eigenvalue weighted by molar-refractivity contribution is 0.244. The van der Waals surface area contributed by atoms with Crippen LogP contribution in [0.5, 0.6) is 0 Å². The van der Waals surface area contributed by atoms with Crippen molar-refractivity contribution in [1.29, 1.82) is 0 Å². The number of rotatable bonds is 8. The first kappa shape index (κ1) is 16.5. The van der Waals surface area contributed by atoms with Crippen LogP contribution in [0, 0.1) is 0 Å². The molecule has 1 aromatic heterocycles. The molecule has 1 saturated carbocycles.